The smallest absolute Gasteiger partial charge is 0.405 e. The van der Waals surface area contributed by atoms with E-state index >= 15 is 0 Å². The van der Waals surface area contributed by atoms with E-state index in [-0.39, 0.29) is 11.4 Å². The average molecular weight is 303 g/mol. The molecule has 0 saturated carbocycles. The molecule has 0 aliphatic carbocycles. The van der Waals surface area contributed by atoms with E-state index in [0.29, 0.717) is 16.0 Å². The van der Waals surface area contributed by atoms with Gasteiger partial charge >= 0.3 is 6.36 Å². The van der Waals surface area contributed by atoms with Crippen LogP contribution in [0.1, 0.15) is 5.56 Å². The number of nitrogens with zero attached hydrogens (tertiary/aromatic N) is 1. The van der Waals surface area contributed by atoms with Gasteiger partial charge in [0.15, 0.2) is 0 Å². The van der Waals surface area contributed by atoms with Crippen molar-refractivity contribution in [2.45, 2.75) is 13.3 Å². The van der Waals surface area contributed by atoms with Crippen molar-refractivity contribution in [3.8, 4) is 16.2 Å². The van der Waals surface area contributed by atoms with Crippen LogP contribution in [0.2, 0.25) is 0 Å². The highest BCUT2D eigenvalue weighted by atomic mass is 32.1. The molecule has 106 valence electrons. The molecule has 4 nitrogen and oxygen atoms in total. The van der Waals surface area contributed by atoms with E-state index in [2.05, 4.69) is 4.74 Å². The van der Waals surface area contributed by atoms with Crippen LogP contribution in [0.4, 0.5) is 18.9 Å². The second kappa shape index (κ2) is 5.12. The highest BCUT2D eigenvalue weighted by Gasteiger charge is 2.31. The first-order chi connectivity index (χ1) is 9.26. The minimum absolute atomic E-state index is 0.0606. The van der Waals surface area contributed by atoms with Crippen LogP contribution in [0, 0.1) is 17.0 Å². The summed E-state index contributed by atoms with van der Waals surface area (Å²) < 4.78 is 40.1. The number of nitro groups is 1. The van der Waals surface area contributed by atoms with Crippen molar-refractivity contribution in [2.24, 2.45) is 0 Å². The number of hydrogen-bond acceptors (Lipinski definition) is 4. The van der Waals surface area contributed by atoms with Gasteiger partial charge in [-0.05, 0) is 30.2 Å². The van der Waals surface area contributed by atoms with Crippen LogP contribution < -0.4 is 4.74 Å². The number of ether oxygens (including phenoxy) is 1. The highest BCUT2D eigenvalue weighted by Crippen LogP contribution is 2.36. The van der Waals surface area contributed by atoms with Gasteiger partial charge in [0.1, 0.15) is 5.75 Å². The molecule has 0 aliphatic heterocycles. The van der Waals surface area contributed by atoms with E-state index in [1.165, 1.54) is 29.6 Å². The maximum atomic E-state index is 12.1. The van der Waals surface area contributed by atoms with Crippen molar-refractivity contribution < 1.29 is 22.8 Å². The molecule has 0 spiro atoms. The zero-order valence-electron chi connectivity index (χ0n) is 10.1. The summed E-state index contributed by atoms with van der Waals surface area (Å²) in [6.07, 6.45) is -4.73. The Morgan fingerprint density at radius 2 is 2.00 bits per heavy atom. The number of non-ortho nitro benzene ring substituents is 1. The Hall–Kier alpha value is -2.09. The van der Waals surface area contributed by atoms with Crippen LogP contribution in [-0.4, -0.2) is 11.3 Å². The van der Waals surface area contributed by atoms with Crippen LogP contribution in [0.15, 0.2) is 29.6 Å². The first kappa shape index (κ1) is 14.3. The van der Waals surface area contributed by atoms with Gasteiger partial charge in [0.2, 0.25) is 0 Å². The van der Waals surface area contributed by atoms with E-state index < -0.39 is 11.3 Å². The van der Waals surface area contributed by atoms with E-state index in [1.807, 2.05) is 0 Å². The fraction of sp³-hybridized carbons (Fsp3) is 0.167. The van der Waals surface area contributed by atoms with Gasteiger partial charge in [-0.2, -0.15) is 0 Å². The topological polar surface area (TPSA) is 52.4 Å². The fourth-order valence-corrected chi connectivity index (χ4v) is 2.58. The van der Waals surface area contributed by atoms with Crippen LogP contribution in [-0.2, 0) is 0 Å². The molecular formula is C12H8F3NO3S. The lowest BCUT2D eigenvalue weighted by atomic mass is 10.1. The zero-order chi connectivity index (χ0) is 14.9. The van der Waals surface area contributed by atoms with Gasteiger partial charge in [0.05, 0.1) is 4.92 Å². The molecule has 0 bridgehead atoms. The molecule has 0 saturated heterocycles. The number of halogens is 3. The van der Waals surface area contributed by atoms with Gasteiger partial charge in [-0.3, -0.25) is 10.1 Å². The third-order valence-electron chi connectivity index (χ3n) is 2.50. The maximum absolute atomic E-state index is 12.1. The second-order valence-electron chi connectivity index (χ2n) is 3.95. The minimum Gasteiger partial charge on any atom is -0.405 e. The molecule has 1 aromatic carbocycles. The quantitative estimate of drug-likeness (QED) is 0.618. The number of aryl methyl sites for hydroxylation is 1. The van der Waals surface area contributed by atoms with E-state index in [0.717, 1.165) is 11.3 Å². The lowest BCUT2D eigenvalue weighted by Crippen LogP contribution is -2.16. The summed E-state index contributed by atoms with van der Waals surface area (Å²) in [5.74, 6) is -0.296. The number of alkyl halides is 3. The van der Waals surface area contributed by atoms with Crippen LogP contribution in [0.3, 0.4) is 0 Å². The van der Waals surface area contributed by atoms with E-state index in [1.54, 1.807) is 6.92 Å². The Morgan fingerprint density at radius 3 is 2.55 bits per heavy atom. The Labute approximate surface area is 115 Å². The highest BCUT2D eigenvalue weighted by molar-refractivity contribution is 7.13. The molecule has 2 aromatic rings. The number of nitro benzene ring substituents is 1. The van der Waals surface area contributed by atoms with Crippen molar-refractivity contribution in [2.75, 3.05) is 0 Å². The average Bonchev–Trinajstić information content (AvgIpc) is 2.74. The van der Waals surface area contributed by atoms with Gasteiger partial charge < -0.3 is 4.74 Å². The number of hydrogen-bond donors (Lipinski definition) is 0. The van der Waals surface area contributed by atoms with Crippen LogP contribution >= 0.6 is 11.3 Å². The van der Waals surface area contributed by atoms with Gasteiger partial charge in [-0.15, -0.1) is 24.5 Å². The van der Waals surface area contributed by atoms with Gasteiger partial charge in [0, 0.05) is 22.4 Å². The first-order valence-electron chi connectivity index (χ1n) is 5.36. The summed E-state index contributed by atoms with van der Waals surface area (Å²) in [6, 6.07) is 5.45. The van der Waals surface area contributed by atoms with E-state index in [4.69, 9.17) is 0 Å². The predicted molar refractivity (Wildman–Crippen MR) is 67.8 cm³/mol. The minimum atomic E-state index is -4.73. The van der Waals surface area contributed by atoms with E-state index in [9.17, 15) is 23.3 Å². The van der Waals surface area contributed by atoms with Crippen molar-refractivity contribution in [3.05, 3.63) is 45.3 Å². The molecule has 0 radical (unpaired) electrons. The largest absolute Gasteiger partial charge is 0.573 e. The van der Waals surface area contributed by atoms with Crippen molar-refractivity contribution in [1.82, 2.24) is 0 Å². The summed E-state index contributed by atoms with van der Waals surface area (Å²) in [4.78, 5) is 10.7. The summed E-state index contributed by atoms with van der Waals surface area (Å²) in [6.45, 7) is 1.66. The first-order valence-corrected chi connectivity index (χ1v) is 6.24. The van der Waals surface area contributed by atoms with Crippen molar-refractivity contribution in [3.63, 3.8) is 0 Å². The summed E-state index contributed by atoms with van der Waals surface area (Å²) in [5.41, 5.74) is 1.19. The predicted octanol–water partition coefficient (Wildman–Crippen LogP) is 4.53. The number of rotatable bonds is 3. The molecule has 1 heterocycles. The Bertz CT molecular complexity index is 652. The molecule has 20 heavy (non-hydrogen) atoms. The number of benzene rings is 1. The molecule has 0 fully saturated rings. The molecule has 0 amide bonds. The number of thiophene rings is 1. The zero-order valence-corrected chi connectivity index (χ0v) is 10.9. The monoisotopic (exact) mass is 303 g/mol. The third-order valence-corrected chi connectivity index (χ3v) is 3.44. The molecule has 1 aromatic heterocycles. The maximum Gasteiger partial charge on any atom is 0.573 e. The summed E-state index contributed by atoms with van der Waals surface area (Å²) >= 11 is 1.08. The lowest BCUT2D eigenvalue weighted by molar-refractivity contribution is -0.384. The summed E-state index contributed by atoms with van der Waals surface area (Å²) in [7, 11) is 0. The van der Waals surface area contributed by atoms with Gasteiger partial charge in [-0.25, -0.2) is 0 Å². The molecule has 8 heteroatoms. The van der Waals surface area contributed by atoms with Crippen molar-refractivity contribution in [1.29, 1.82) is 0 Å². The molecule has 2 rings (SSSR count). The van der Waals surface area contributed by atoms with Gasteiger partial charge in [-0.1, -0.05) is 0 Å². The third kappa shape index (κ3) is 3.27. The Balaban J connectivity index is 2.31. The molecule has 0 unspecified atom stereocenters. The van der Waals surface area contributed by atoms with Gasteiger partial charge in [0.25, 0.3) is 5.69 Å². The van der Waals surface area contributed by atoms with Crippen LogP contribution in [0.5, 0.6) is 5.75 Å². The Morgan fingerprint density at radius 1 is 1.30 bits per heavy atom. The summed E-state index contributed by atoms with van der Waals surface area (Å²) in [5, 5.41) is 11.9. The lowest BCUT2D eigenvalue weighted by Gasteiger charge is -2.06. The molecule has 0 atom stereocenters. The standard InChI is InChI=1S/C12H8F3NO3S/c1-7-4-8(16(17)18)2-3-10(7)11-5-9(6-20-11)19-12(13,14)15/h2-6H,1H3. The molecule has 0 N–H and O–H groups in total. The normalized spacial score (nSPS) is 11.4. The SMILES string of the molecule is Cc1cc([N+](=O)[O-])ccc1-c1cc(OC(F)(F)F)cs1. The Kier molecular flexibility index (Phi) is 3.67. The molecular weight excluding hydrogens is 295 g/mol. The fourth-order valence-electron chi connectivity index (χ4n) is 1.69. The second-order valence-corrected chi connectivity index (χ2v) is 4.86. The molecule has 0 aliphatic rings. The van der Waals surface area contributed by atoms with Crippen molar-refractivity contribution >= 4 is 17.0 Å². The van der Waals surface area contributed by atoms with Crippen LogP contribution in [0.25, 0.3) is 10.4 Å².